The average molecular weight is 350 g/mol. The van der Waals surface area contributed by atoms with Crippen LogP contribution in [-0.2, 0) is 0 Å². The molecule has 2 aromatic carbocycles. The van der Waals surface area contributed by atoms with Crippen molar-refractivity contribution < 1.29 is 4.39 Å². The molecule has 1 N–H and O–H groups in total. The highest BCUT2D eigenvalue weighted by molar-refractivity contribution is 5.56. The van der Waals surface area contributed by atoms with Crippen LogP contribution in [0.3, 0.4) is 0 Å². The van der Waals surface area contributed by atoms with Gasteiger partial charge in [0.15, 0.2) is 5.82 Å². The highest BCUT2D eigenvalue weighted by atomic mass is 19.1. The number of nitrogens with zero attached hydrogens (tertiary/aromatic N) is 5. The van der Waals surface area contributed by atoms with E-state index in [2.05, 4.69) is 54.6 Å². The molecule has 7 heteroatoms. The molecule has 2 heterocycles. The maximum Gasteiger partial charge on any atom is 0.247 e. The molecule has 0 saturated carbocycles. The lowest BCUT2D eigenvalue weighted by Crippen LogP contribution is -2.47. The number of piperazine rings is 1. The van der Waals surface area contributed by atoms with Crippen LogP contribution in [-0.4, -0.2) is 41.4 Å². The van der Waals surface area contributed by atoms with Crippen molar-refractivity contribution in [1.29, 1.82) is 0 Å². The summed E-state index contributed by atoms with van der Waals surface area (Å²) in [5.74, 6) is 0.833. The van der Waals surface area contributed by atoms with Gasteiger partial charge in [-0.25, -0.2) is 4.39 Å². The Labute approximate surface area is 151 Å². The van der Waals surface area contributed by atoms with E-state index in [1.807, 2.05) is 6.07 Å². The molecule has 1 aliphatic rings. The van der Waals surface area contributed by atoms with Crippen molar-refractivity contribution in [2.45, 2.75) is 0 Å². The van der Waals surface area contributed by atoms with Crippen molar-refractivity contribution in [3.05, 3.63) is 66.6 Å². The van der Waals surface area contributed by atoms with Gasteiger partial charge in [-0.3, -0.25) is 0 Å². The highest BCUT2D eigenvalue weighted by Crippen LogP contribution is 2.20. The van der Waals surface area contributed by atoms with Gasteiger partial charge in [-0.2, -0.15) is 10.1 Å². The molecular weight excluding hydrogens is 331 g/mol. The van der Waals surface area contributed by atoms with E-state index in [1.54, 1.807) is 12.1 Å². The molecule has 0 unspecified atom stereocenters. The molecule has 1 fully saturated rings. The van der Waals surface area contributed by atoms with Gasteiger partial charge in [-0.1, -0.05) is 24.3 Å². The normalized spacial score (nSPS) is 14.3. The van der Waals surface area contributed by atoms with E-state index >= 15 is 0 Å². The van der Waals surface area contributed by atoms with Crippen LogP contribution in [0.2, 0.25) is 0 Å². The largest absolute Gasteiger partial charge is 0.368 e. The number of anilines is 4. The molecule has 1 aromatic heterocycles. The zero-order valence-electron chi connectivity index (χ0n) is 14.2. The van der Waals surface area contributed by atoms with Crippen molar-refractivity contribution in [1.82, 2.24) is 15.2 Å². The van der Waals surface area contributed by atoms with Gasteiger partial charge < -0.3 is 15.1 Å². The third kappa shape index (κ3) is 3.72. The fraction of sp³-hybridized carbons (Fsp3) is 0.211. The van der Waals surface area contributed by atoms with Gasteiger partial charge in [0.2, 0.25) is 5.95 Å². The van der Waals surface area contributed by atoms with E-state index in [9.17, 15) is 4.39 Å². The summed E-state index contributed by atoms with van der Waals surface area (Å²) in [6.07, 6.45) is 1.54. The van der Waals surface area contributed by atoms with Crippen LogP contribution in [0.15, 0.2) is 60.8 Å². The summed E-state index contributed by atoms with van der Waals surface area (Å²) in [4.78, 5) is 8.98. The minimum Gasteiger partial charge on any atom is -0.368 e. The predicted octanol–water partition coefficient (Wildman–Crippen LogP) is 3.08. The second kappa shape index (κ2) is 7.35. The molecule has 0 radical (unpaired) electrons. The Morgan fingerprint density at radius 1 is 0.885 bits per heavy atom. The summed E-state index contributed by atoms with van der Waals surface area (Å²) in [6, 6.07) is 16.6. The first-order valence-electron chi connectivity index (χ1n) is 8.55. The Balaban J connectivity index is 1.43. The fourth-order valence-corrected chi connectivity index (χ4v) is 3.01. The third-order valence-corrected chi connectivity index (χ3v) is 4.33. The topological polar surface area (TPSA) is 57.2 Å². The van der Waals surface area contributed by atoms with E-state index < -0.39 is 0 Å². The molecule has 4 rings (SSSR count). The molecule has 26 heavy (non-hydrogen) atoms. The van der Waals surface area contributed by atoms with Crippen molar-refractivity contribution in [2.24, 2.45) is 0 Å². The molecule has 6 nitrogen and oxygen atoms in total. The van der Waals surface area contributed by atoms with Gasteiger partial charge in [0, 0.05) is 37.6 Å². The molecule has 1 saturated heterocycles. The predicted molar refractivity (Wildman–Crippen MR) is 100 cm³/mol. The number of aromatic nitrogens is 3. The second-order valence-corrected chi connectivity index (χ2v) is 6.09. The fourth-order valence-electron chi connectivity index (χ4n) is 3.01. The molecule has 0 aliphatic carbocycles. The number of halogens is 1. The van der Waals surface area contributed by atoms with Crippen molar-refractivity contribution in [2.75, 3.05) is 41.3 Å². The van der Waals surface area contributed by atoms with Crippen molar-refractivity contribution in [3.63, 3.8) is 0 Å². The van der Waals surface area contributed by atoms with E-state index in [1.165, 1.54) is 24.0 Å². The number of para-hydroxylation sites is 1. The smallest absolute Gasteiger partial charge is 0.247 e. The van der Waals surface area contributed by atoms with Gasteiger partial charge in [-0.05, 0) is 30.3 Å². The standard InChI is InChI=1S/C19H19FN6/c20-15-5-4-6-16(13-15)22-18-14-21-24-19(23-18)26-11-9-25(10-12-26)17-7-2-1-3-8-17/h1-8,13-14H,9-12H2,(H,22,23,24). The Morgan fingerprint density at radius 3 is 2.42 bits per heavy atom. The third-order valence-electron chi connectivity index (χ3n) is 4.33. The quantitative estimate of drug-likeness (QED) is 0.780. The zero-order chi connectivity index (χ0) is 17.8. The van der Waals surface area contributed by atoms with Crippen LogP contribution in [0.1, 0.15) is 0 Å². The molecule has 132 valence electrons. The molecule has 1 aliphatic heterocycles. The van der Waals surface area contributed by atoms with Crippen LogP contribution >= 0.6 is 0 Å². The lowest BCUT2D eigenvalue weighted by Gasteiger charge is -2.35. The van der Waals surface area contributed by atoms with Gasteiger partial charge in [0.25, 0.3) is 0 Å². The molecule has 0 atom stereocenters. The van der Waals surface area contributed by atoms with E-state index in [0.29, 0.717) is 17.5 Å². The van der Waals surface area contributed by atoms with Crippen molar-refractivity contribution in [3.8, 4) is 0 Å². The minimum absolute atomic E-state index is 0.297. The second-order valence-electron chi connectivity index (χ2n) is 6.09. The molecule has 0 spiro atoms. The summed E-state index contributed by atoms with van der Waals surface area (Å²) in [5, 5.41) is 11.3. The SMILES string of the molecule is Fc1cccc(Nc2cnnc(N3CCN(c4ccccc4)CC3)n2)c1. The summed E-state index contributed by atoms with van der Waals surface area (Å²) in [6.45, 7) is 3.43. The molecule has 0 bridgehead atoms. The molecule has 0 amide bonds. The maximum atomic E-state index is 13.3. The first-order valence-corrected chi connectivity index (χ1v) is 8.55. The summed E-state index contributed by atoms with van der Waals surface area (Å²) < 4.78 is 13.3. The van der Waals surface area contributed by atoms with E-state index in [-0.39, 0.29) is 5.82 Å². The van der Waals surface area contributed by atoms with Crippen LogP contribution < -0.4 is 15.1 Å². The van der Waals surface area contributed by atoms with E-state index in [4.69, 9.17) is 0 Å². The summed E-state index contributed by atoms with van der Waals surface area (Å²) >= 11 is 0. The lowest BCUT2D eigenvalue weighted by atomic mass is 10.2. The summed E-state index contributed by atoms with van der Waals surface area (Å²) in [5.41, 5.74) is 1.86. The lowest BCUT2D eigenvalue weighted by molar-refractivity contribution is 0.628. The van der Waals surface area contributed by atoms with Gasteiger partial charge in [0.1, 0.15) is 5.82 Å². The van der Waals surface area contributed by atoms with E-state index in [0.717, 1.165) is 26.2 Å². The highest BCUT2D eigenvalue weighted by Gasteiger charge is 2.19. The Bertz CT molecular complexity index is 865. The summed E-state index contributed by atoms with van der Waals surface area (Å²) in [7, 11) is 0. The number of benzene rings is 2. The first kappa shape index (κ1) is 16.3. The molecular formula is C19H19FN6. The zero-order valence-corrected chi connectivity index (χ0v) is 14.2. The van der Waals surface area contributed by atoms with Crippen molar-refractivity contribution >= 4 is 23.1 Å². The van der Waals surface area contributed by atoms with Crippen LogP contribution in [0, 0.1) is 5.82 Å². The number of hydrogen-bond donors (Lipinski definition) is 1. The number of rotatable bonds is 4. The van der Waals surface area contributed by atoms with Gasteiger partial charge in [-0.15, -0.1) is 5.10 Å². The average Bonchev–Trinajstić information content (AvgIpc) is 2.69. The number of nitrogens with one attached hydrogen (secondary N) is 1. The van der Waals surface area contributed by atoms with Crippen LogP contribution in [0.4, 0.5) is 27.5 Å². The van der Waals surface area contributed by atoms with Gasteiger partial charge >= 0.3 is 0 Å². The Morgan fingerprint density at radius 2 is 1.65 bits per heavy atom. The molecule has 3 aromatic rings. The van der Waals surface area contributed by atoms with Crippen LogP contribution in [0.5, 0.6) is 0 Å². The Kier molecular flexibility index (Phi) is 4.59. The first-order chi connectivity index (χ1) is 12.8. The Hall–Kier alpha value is -3.22. The minimum atomic E-state index is -0.297. The number of hydrogen-bond acceptors (Lipinski definition) is 6. The maximum absolute atomic E-state index is 13.3. The monoisotopic (exact) mass is 350 g/mol. The van der Waals surface area contributed by atoms with Gasteiger partial charge in [0.05, 0.1) is 6.20 Å². The van der Waals surface area contributed by atoms with Crippen LogP contribution in [0.25, 0.3) is 0 Å².